The summed E-state index contributed by atoms with van der Waals surface area (Å²) >= 11 is 1.80. The molecule has 4 heteroatoms. The number of aliphatic hydroxyl groups excluding tert-OH is 1. The summed E-state index contributed by atoms with van der Waals surface area (Å²) in [6.45, 7) is 0. The normalized spacial score (nSPS) is 11.8. The molecule has 0 aliphatic heterocycles. The molecule has 4 aromatic rings. The highest BCUT2D eigenvalue weighted by molar-refractivity contribution is 7.98. The Labute approximate surface area is 156 Å². The molecule has 26 heavy (non-hydrogen) atoms. The molecule has 0 unspecified atom stereocenters. The highest BCUT2D eigenvalue weighted by Crippen LogP contribution is 2.26. The number of H-pyrrole nitrogens is 1. The van der Waals surface area contributed by atoms with Crippen LogP contribution in [0.4, 0.5) is 0 Å². The van der Waals surface area contributed by atoms with Gasteiger partial charge in [-0.3, -0.25) is 0 Å². The zero-order valence-corrected chi connectivity index (χ0v) is 14.9. The van der Waals surface area contributed by atoms with E-state index in [-0.39, 0.29) is 5.76 Å². The molecule has 0 saturated heterocycles. The number of fused-ring (bicyclic) bond motifs is 1. The molecule has 4 rings (SSSR count). The number of aliphatic hydroxyl groups is 1. The number of benzene rings is 3. The van der Waals surface area contributed by atoms with Gasteiger partial charge in [-0.05, 0) is 23.8 Å². The van der Waals surface area contributed by atoms with Crippen molar-refractivity contribution in [1.82, 2.24) is 9.97 Å². The number of imidazole rings is 1. The molecule has 0 fully saturated rings. The Bertz CT molecular complexity index is 1040. The van der Waals surface area contributed by atoms with Gasteiger partial charge in [0.15, 0.2) is 0 Å². The van der Waals surface area contributed by atoms with Crippen molar-refractivity contribution >= 4 is 34.6 Å². The lowest BCUT2D eigenvalue weighted by atomic mass is 10.2. The van der Waals surface area contributed by atoms with Gasteiger partial charge in [0.05, 0.1) is 11.0 Å². The lowest BCUT2D eigenvalue weighted by molar-refractivity contribution is 0.515. The highest BCUT2D eigenvalue weighted by atomic mass is 32.2. The fraction of sp³-hybridized carbons (Fsp3) is 0.0455. The number of aromatic nitrogens is 2. The second kappa shape index (κ2) is 7.50. The summed E-state index contributed by atoms with van der Waals surface area (Å²) in [6.07, 6.45) is 1.66. The molecule has 3 aromatic carbocycles. The predicted octanol–water partition coefficient (Wildman–Crippen LogP) is 5.91. The first kappa shape index (κ1) is 16.5. The van der Waals surface area contributed by atoms with Crippen LogP contribution < -0.4 is 0 Å². The van der Waals surface area contributed by atoms with Gasteiger partial charge >= 0.3 is 0 Å². The lowest BCUT2D eigenvalue weighted by Gasteiger charge is -2.01. The average Bonchev–Trinajstić information content (AvgIpc) is 3.09. The monoisotopic (exact) mass is 358 g/mol. The second-order valence-corrected chi connectivity index (χ2v) is 7.02. The Morgan fingerprint density at radius 1 is 0.962 bits per heavy atom. The number of hydrogen-bond donors (Lipinski definition) is 2. The summed E-state index contributed by atoms with van der Waals surface area (Å²) in [5, 5.41) is 10.3. The molecule has 0 atom stereocenters. The van der Waals surface area contributed by atoms with Gasteiger partial charge in [0.1, 0.15) is 11.6 Å². The second-order valence-electron chi connectivity index (χ2n) is 5.97. The molecular formula is C22H18N2OS. The Kier molecular flexibility index (Phi) is 4.75. The van der Waals surface area contributed by atoms with Gasteiger partial charge in [-0.1, -0.05) is 60.7 Å². The van der Waals surface area contributed by atoms with Crippen LogP contribution in [0.15, 0.2) is 83.8 Å². The quantitative estimate of drug-likeness (QED) is 0.344. The molecule has 2 N–H and O–H groups in total. The van der Waals surface area contributed by atoms with Gasteiger partial charge in [-0.15, -0.1) is 11.8 Å². The van der Waals surface area contributed by atoms with E-state index in [4.69, 9.17) is 0 Å². The van der Waals surface area contributed by atoms with E-state index in [0.717, 1.165) is 22.3 Å². The third kappa shape index (κ3) is 3.81. The van der Waals surface area contributed by atoms with Gasteiger partial charge in [-0.25, -0.2) is 4.98 Å². The summed E-state index contributed by atoms with van der Waals surface area (Å²) < 4.78 is 0. The van der Waals surface area contributed by atoms with Crippen molar-refractivity contribution in [2.24, 2.45) is 0 Å². The summed E-state index contributed by atoms with van der Waals surface area (Å²) in [6, 6.07) is 26.1. The molecule has 0 amide bonds. The van der Waals surface area contributed by atoms with E-state index in [1.165, 1.54) is 10.5 Å². The molecule has 0 spiro atoms. The molecule has 3 nitrogen and oxygen atoms in total. The van der Waals surface area contributed by atoms with Gasteiger partial charge in [0, 0.05) is 22.3 Å². The average molecular weight is 358 g/mol. The summed E-state index contributed by atoms with van der Waals surface area (Å²) in [7, 11) is 0. The number of nitrogens with zero attached hydrogens (tertiary/aromatic N) is 1. The summed E-state index contributed by atoms with van der Waals surface area (Å²) in [5.41, 5.74) is 3.93. The number of aromatic amines is 1. The minimum Gasteiger partial charge on any atom is -0.507 e. The maximum atomic E-state index is 10.3. The fourth-order valence-corrected chi connectivity index (χ4v) is 3.62. The van der Waals surface area contributed by atoms with E-state index in [2.05, 4.69) is 46.4 Å². The minimum absolute atomic E-state index is 0.198. The molecular weight excluding hydrogens is 340 g/mol. The van der Waals surface area contributed by atoms with E-state index < -0.39 is 0 Å². The SMILES string of the molecule is O/C(=C\c1nc2ccc(SCc3ccccc3)cc2[nH]1)c1ccccc1. The van der Waals surface area contributed by atoms with Crippen molar-refractivity contribution in [2.75, 3.05) is 0 Å². The summed E-state index contributed by atoms with van der Waals surface area (Å²) in [5.74, 6) is 1.78. The molecule has 1 aromatic heterocycles. The van der Waals surface area contributed by atoms with E-state index in [1.54, 1.807) is 17.8 Å². The Morgan fingerprint density at radius 2 is 1.69 bits per heavy atom. The van der Waals surface area contributed by atoms with Crippen LogP contribution in [0.3, 0.4) is 0 Å². The van der Waals surface area contributed by atoms with Crippen molar-refractivity contribution in [1.29, 1.82) is 0 Å². The lowest BCUT2D eigenvalue weighted by Crippen LogP contribution is -1.83. The molecule has 128 valence electrons. The van der Waals surface area contributed by atoms with Gasteiger partial charge in [-0.2, -0.15) is 0 Å². The Balaban J connectivity index is 1.54. The van der Waals surface area contributed by atoms with Crippen molar-refractivity contribution < 1.29 is 5.11 Å². The topological polar surface area (TPSA) is 48.9 Å². The third-order valence-electron chi connectivity index (χ3n) is 4.06. The predicted molar refractivity (Wildman–Crippen MR) is 109 cm³/mol. The number of thioether (sulfide) groups is 1. The first-order valence-electron chi connectivity index (χ1n) is 8.40. The molecule has 1 heterocycles. The van der Waals surface area contributed by atoms with Crippen LogP contribution in [-0.2, 0) is 5.75 Å². The summed E-state index contributed by atoms with van der Waals surface area (Å²) in [4.78, 5) is 9.00. The fourth-order valence-electron chi connectivity index (χ4n) is 2.73. The largest absolute Gasteiger partial charge is 0.507 e. The van der Waals surface area contributed by atoms with E-state index in [1.807, 2.05) is 42.5 Å². The van der Waals surface area contributed by atoms with E-state index >= 15 is 0 Å². The van der Waals surface area contributed by atoms with Gasteiger partial charge in [0.25, 0.3) is 0 Å². The maximum absolute atomic E-state index is 10.3. The van der Waals surface area contributed by atoms with Crippen LogP contribution in [0.25, 0.3) is 22.9 Å². The zero-order valence-electron chi connectivity index (χ0n) is 14.1. The Morgan fingerprint density at radius 3 is 2.46 bits per heavy atom. The molecule has 0 radical (unpaired) electrons. The first-order valence-corrected chi connectivity index (χ1v) is 9.39. The number of hydrogen-bond acceptors (Lipinski definition) is 3. The zero-order chi connectivity index (χ0) is 17.8. The van der Waals surface area contributed by atoms with E-state index in [9.17, 15) is 5.11 Å². The van der Waals surface area contributed by atoms with Crippen LogP contribution >= 0.6 is 11.8 Å². The molecule has 0 aliphatic carbocycles. The van der Waals surface area contributed by atoms with Crippen molar-refractivity contribution in [3.8, 4) is 0 Å². The molecule has 0 bridgehead atoms. The third-order valence-corrected chi connectivity index (χ3v) is 5.13. The standard InChI is InChI=1S/C22H18N2OS/c25-21(17-9-5-2-6-10-17)14-22-23-19-12-11-18(13-20(19)24-22)26-15-16-7-3-1-4-8-16/h1-14,25H,15H2,(H,23,24)/b21-14-. The van der Waals surface area contributed by atoms with E-state index in [0.29, 0.717) is 5.82 Å². The van der Waals surface area contributed by atoms with Crippen LogP contribution in [0.5, 0.6) is 0 Å². The number of nitrogens with one attached hydrogen (secondary N) is 1. The number of rotatable bonds is 5. The molecule has 0 aliphatic rings. The minimum atomic E-state index is 0.198. The Hall–Kier alpha value is -2.98. The molecule has 0 saturated carbocycles. The van der Waals surface area contributed by atoms with Gasteiger partial charge < -0.3 is 10.1 Å². The first-order chi connectivity index (χ1) is 12.8. The van der Waals surface area contributed by atoms with Crippen molar-refractivity contribution in [3.05, 3.63) is 95.8 Å². The smallest absolute Gasteiger partial charge is 0.134 e. The van der Waals surface area contributed by atoms with Crippen LogP contribution in [0.2, 0.25) is 0 Å². The van der Waals surface area contributed by atoms with Gasteiger partial charge in [0.2, 0.25) is 0 Å². The highest BCUT2D eigenvalue weighted by Gasteiger charge is 2.05. The van der Waals surface area contributed by atoms with Crippen LogP contribution in [0.1, 0.15) is 17.0 Å². The van der Waals surface area contributed by atoms with Crippen LogP contribution in [0, 0.1) is 0 Å². The maximum Gasteiger partial charge on any atom is 0.134 e. The van der Waals surface area contributed by atoms with Crippen LogP contribution in [-0.4, -0.2) is 15.1 Å². The van der Waals surface area contributed by atoms with Crippen molar-refractivity contribution in [2.45, 2.75) is 10.6 Å². The van der Waals surface area contributed by atoms with Crippen molar-refractivity contribution in [3.63, 3.8) is 0 Å².